The molecule has 2 heteroatoms. The van der Waals surface area contributed by atoms with Gasteiger partial charge in [-0.15, -0.1) is 0 Å². The number of hydrogen-bond acceptors (Lipinski definition) is 1. The maximum absolute atomic E-state index is 13.3. The second-order valence-corrected chi connectivity index (χ2v) is 4.22. The van der Waals surface area contributed by atoms with Crippen molar-refractivity contribution in [1.29, 1.82) is 0 Å². The summed E-state index contributed by atoms with van der Waals surface area (Å²) in [5, 5.41) is 0. The first-order valence-corrected chi connectivity index (χ1v) is 5.47. The molecule has 0 heterocycles. The van der Waals surface area contributed by atoms with Crippen molar-refractivity contribution in [1.82, 2.24) is 0 Å². The van der Waals surface area contributed by atoms with Gasteiger partial charge >= 0.3 is 0 Å². The molecule has 1 aromatic rings. The number of benzene rings is 1. The van der Waals surface area contributed by atoms with Crippen molar-refractivity contribution in [2.24, 2.45) is 5.92 Å². The topological polar surface area (TPSA) is 9.23 Å². The molecule has 84 valence electrons. The highest BCUT2D eigenvalue weighted by atomic mass is 19.1. The average Bonchev–Trinajstić information content (AvgIpc) is 2.17. The van der Waals surface area contributed by atoms with Crippen LogP contribution < -0.4 is 0 Å². The van der Waals surface area contributed by atoms with Crippen LogP contribution in [0.3, 0.4) is 0 Å². The average molecular weight is 210 g/mol. The first-order valence-electron chi connectivity index (χ1n) is 5.47. The largest absolute Gasteiger partial charge is 0.374 e. The highest BCUT2D eigenvalue weighted by molar-refractivity contribution is 5.19. The standard InChI is InChI=1S/C13H19FO/c1-10(2)8-9-15-11(3)12-6-4-5-7-13(12)14/h4-7,10-11H,8-9H2,1-3H3. The molecule has 1 nitrogen and oxygen atoms in total. The molecular formula is C13H19FO. The van der Waals surface area contributed by atoms with E-state index in [-0.39, 0.29) is 11.9 Å². The van der Waals surface area contributed by atoms with Gasteiger partial charge in [-0.3, -0.25) is 0 Å². The summed E-state index contributed by atoms with van der Waals surface area (Å²) in [7, 11) is 0. The summed E-state index contributed by atoms with van der Waals surface area (Å²) >= 11 is 0. The Labute approximate surface area is 91.3 Å². The van der Waals surface area contributed by atoms with Crippen LogP contribution in [0.5, 0.6) is 0 Å². The quantitative estimate of drug-likeness (QED) is 0.715. The Hall–Kier alpha value is -0.890. The van der Waals surface area contributed by atoms with Crippen LogP contribution in [0.4, 0.5) is 4.39 Å². The van der Waals surface area contributed by atoms with Crippen LogP contribution in [0.1, 0.15) is 38.9 Å². The molecule has 0 aliphatic carbocycles. The second kappa shape index (κ2) is 5.86. The molecule has 0 radical (unpaired) electrons. The number of hydrogen-bond donors (Lipinski definition) is 0. The molecule has 0 fully saturated rings. The lowest BCUT2D eigenvalue weighted by Crippen LogP contribution is -2.05. The lowest BCUT2D eigenvalue weighted by atomic mass is 10.1. The molecule has 0 saturated carbocycles. The summed E-state index contributed by atoms with van der Waals surface area (Å²) in [6, 6.07) is 6.77. The minimum Gasteiger partial charge on any atom is -0.374 e. The van der Waals surface area contributed by atoms with Gasteiger partial charge in [-0.05, 0) is 25.3 Å². The summed E-state index contributed by atoms with van der Waals surface area (Å²) in [6.07, 6.45) is 0.851. The van der Waals surface area contributed by atoms with Crippen molar-refractivity contribution < 1.29 is 9.13 Å². The third-order valence-electron chi connectivity index (χ3n) is 2.41. The number of ether oxygens (including phenoxy) is 1. The Bertz CT molecular complexity index is 296. The van der Waals surface area contributed by atoms with Gasteiger partial charge in [0.05, 0.1) is 6.10 Å². The van der Waals surface area contributed by atoms with Gasteiger partial charge in [-0.2, -0.15) is 0 Å². The first-order chi connectivity index (χ1) is 7.11. The van der Waals surface area contributed by atoms with E-state index < -0.39 is 0 Å². The van der Waals surface area contributed by atoms with Crippen LogP contribution in [0.2, 0.25) is 0 Å². The van der Waals surface area contributed by atoms with Crippen LogP contribution in [0.15, 0.2) is 24.3 Å². The van der Waals surface area contributed by atoms with E-state index in [4.69, 9.17) is 4.74 Å². The zero-order valence-electron chi connectivity index (χ0n) is 9.66. The van der Waals surface area contributed by atoms with Gasteiger partial charge in [0.1, 0.15) is 5.82 Å². The van der Waals surface area contributed by atoms with Gasteiger partial charge in [-0.1, -0.05) is 32.0 Å². The van der Waals surface area contributed by atoms with Gasteiger partial charge < -0.3 is 4.74 Å². The van der Waals surface area contributed by atoms with E-state index in [0.29, 0.717) is 18.1 Å². The maximum Gasteiger partial charge on any atom is 0.128 e. The molecule has 1 atom stereocenters. The van der Waals surface area contributed by atoms with Crippen LogP contribution in [-0.2, 0) is 4.74 Å². The fraction of sp³-hybridized carbons (Fsp3) is 0.538. The fourth-order valence-electron chi connectivity index (χ4n) is 1.38. The molecule has 0 spiro atoms. The SMILES string of the molecule is CC(C)CCOC(C)c1ccccc1F. The molecule has 0 bridgehead atoms. The van der Waals surface area contributed by atoms with E-state index in [1.165, 1.54) is 6.07 Å². The van der Waals surface area contributed by atoms with E-state index in [1.807, 2.05) is 13.0 Å². The molecular weight excluding hydrogens is 191 g/mol. The summed E-state index contributed by atoms with van der Waals surface area (Å²) in [5.74, 6) is 0.437. The van der Waals surface area contributed by atoms with Crippen molar-refractivity contribution >= 4 is 0 Å². The summed E-state index contributed by atoms with van der Waals surface area (Å²) in [6.45, 7) is 6.88. The van der Waals surface area contributed by atoms with Gasteiger partial charge in [0.15, 0.2) is 0 Å². The minimum atomic E-state index is -0.186. The van der Waals surface area contributed by atoms with E-state index in [2.05, 4.69) is 13.8 Å². The van der Waals surface area contributed by atoms with E-state index in [0.717, 1.165) is 6.42 Å². The molecule has 1 rings (SSSR count). The van der Waals surface area contributed by atoms with Crippen molar-refractivity contribution in [3.8, 4) is 0 Å². The maximum atomic E-state index is 13.3. The highest BCUT2D eigenvalue weighted by Gasteiger charge is 2.10. The number of halogens is 1. The zero-order valence-corrected chi connectivity index (χ0v) is 9.66. The smallest absolute Gasteiger partial charge is 0.128 e. The Balaban J connectivity index is 2.47. The summed E-state index contributed by atoms with van der Waals surface area (Å²) in [4.78, 5) is 0. The highest BCUT2D eigenvalue weighted by Crippen LogP contribution is 2.20. The van der Waals surface area contributed by atoms with Crippen LogP contribution in [-0.4, -0.2) is 6.61 Å². The molecule has 0 N–H and O–H groups in total. The van der Waals surface area contributed by atoms with Crippen molar-refractivity contribution in [2.75, 3.05) is 6.61 Å². The van der Waals surface area contributed by atoms with Crippen molar-refractivity contribution in [3.05, 3.63) is 35.6 Å². The predicted molar refractivity (Wildman–Crippen MR) is 60.2 cm³/mol. The lowest BCUT2D eigenvalue weighted by molar-refractivity contribution is 0.0560. The third kappa shape index (κ3) is 4.00. The zero-order chi connectivity index (χ0) is 11.3. The number of rotatable bonds is 5. The molecule has 0 aliphatic heterocycles. The molecule has 0 saturated heterocycles. The van der Waals surface area contributed by atoms with E-state index >= 15 is 0 Å². The molecule has 0 aliphatic rings. The van der Waals surface area contributed by atoms with Crippen LogP contribution in [0.25, 0.3) is 0 Å². The molecule has 1 unspecified atom stereocenters. The molecule has 15 heavy (non-hydrogen) atoms. The van der Waals surface area contributed by atoms with Crippen molar-refractivity contribution in [3.63, 3.8) is 0 Å². The predicted octanol–water partition coefficient (Wildman–Crippen LogP) is 3.95. The fourth-order valence-corrected chi connectivity index (χ4v) is 1.38. The van der Waals surface area contributed by atoms with Crippen molar-refractivity contribution in [2.45, 2.75) is 33.3 Å². The van der Waals surface area contributed by atoms with E-state index in [1.54, 1.807) is 12.1 Å². The van der Waals surface area contributed by atoms with E-state index in [9.17, 15) is 4.39 Å². The minimum absolute atomic E-state index is 0.162. The molecule has 0 aromatic heterocycles. The third-order valence-corrected chi connectivity index (χ3v) is 2.41. The first kappa shape index (κ1) is 12.2. The Morgan fingerprint density at radius 3 is 2.47 bits per heavy atom. The van der Waals surface area contributed by atoms with Gasteiger partial charge in [0.2, 0.25) is 0 Å². The lowest BCUT2D eigenvalue weighted by Gasteiger charge is -2.14. The monoisotopic (exact) mass is 210 g/mol. The van der Waals surface area contributed by atoms with Gasteiger partial charge in [-0.25, -0.2) is 4.39 Å². The normalized spacial score (nSPS) is 13.1. The summed E-state index contributed by atoms with van der Waals surface area (Å²) < 4.78 is 18.9. The van der Waals surface area contributed by atoms with Gasteiger partial charge in [0, 0.05) is 12.2 Å². The molecule has 0 amide bonds. The summed E-state index contributed by atoms with van der Waals surface area (Å²) in [5.41, 5.74) is 0.640. The Morgan fingerprint density at radius 1 is 1.20 bits per heavy atom. The Kier molecular flexibility index (Phi) is 4.76. The molecule has 1 aromatic carbocycles. The van der Waals surface area contributed by atoms with Crippen LogP contribution >= 0.6 is 0 Å². The second-order valence-electron chi connectivity index (χ2n) is 4.22. The van der Waals surface area contributed by atoms with Crippen LogP contribution in [0, 0.1) is 11.7 Å². The Morgan fingerprint density at radius 2 is 1.87 bits per heavy atom. The van der Waals surface area contributed by atoms with Gasteiger partial charge in [0.25, 0.3) is 0 Å².